The summed E-state index contributed by atoms with van der Waals surface area (Å²) in [7, 11) is -2.01. The van der Waals surface area contributed by atoms with E-state index in [4.69, 9.17) is 16.3 Å². The second-order valence-corrected chi connectivity index (χ2v) is 10.9. The summed E-state index contributed by atoms with van der Waals surface area (Å²) in [6, 6.07) is 11.7. The van der Waals surface area contributed by atoms with Crippen LogP contribution in [0.25, 0.3) is 10.2 Å². The number of aromatic nitrogens is 1. The number of hydrogen-bond acceptors (Lipinski definition) is 7. The lowest BCUT2D eigenvalue weighted by Crippen LogP contribution is -2.39. The predicted molar refractivity (Wildman–Crippen MR) is 134 cm³/mol. The Bertz CT molecular complexity index is 1200. The van der Waals surface area contributed by atoms with Gasteiger partial charge in [0.25, 0.3) is 0 Å². The molecular formula is C23H28ClN3O4S2. The number of fused-ring (bicyclic) bond motifs is 1. The zero-order valence-electron chi connectivity index (χ0n) is 19.0. The van der Waals surface area contributed by atoms with E-state index in [1.165, 1.54) is 11.3 Å². The maximum Gasteiger partial charge on any atom is 0.229 e. The summed E-state index contributed by atoms with van der Waals surface area (Å²) in [5.41, 5.74) is 0.586. The number of nitrogens with zero attached hydrogens (tertiary/aromatic N) is 3. The molecular weight excluding hydrogens is 482 g/mol. The quantitative estimate of drug-likeness (QED) is 0.378. The van der Waals surface area contributed by atoms with E-state index in [0.29, 0.717) is 34.5 Å². The Hall–Kier alpha value is -2.20. The molecule has 1 heterocycles. The third-order valence-corrected chi connectivity index (χ3v) is 8.69. The first-order valence-electron chi connectivity index (χ1n) is 10.7. The summed E-state index contributed by atoms with van der Waals surface area (Å²) in [6.07, 6.45) is -0.143. The van der Waals surface area contributed by atoms with Crippen LogP contribution in [0.2, 0.25) is 5.02 Å². The first-order valence-corrected chi connectivity index (χ1v) is 13.6. The average molecular weight is 510 g/mol. The van der Waals surface area contributed by atoms with Gasteiger partial charge in [0.1, 0.15) is 11.3 Å². The number of likely N-dealkylation sites (N-methyl/N-ethyl adjacent to an activating group) is 1. The van der Waals surface area contributed by atoms with Gasteiger partial charge in [0.15, 0.2) is 15.0 Å². The molecule has 0 radical (unpaired) electrons. The summed E-state index contributed by atoms with van der Waals surface area (Å²) in [4.78, 5) is 21.9. The SMILES string of the molecule is CCN(CC)CCN(C(=O)CCS(=O)(=O)c1ccccc1)c1nc2c(OC)ccc(Cl)c2s1. The molecule has 0 saturated carbocycles. The smallest absolute Gasteiger partial charge is 0.229 e. The largest absolute Gasteiger partial charge is 0.494 e. The van der Waals surface area contributed by atoms with Crippen LogP contribution in [0.3, 0.4) is 0 Å². The fraction of sp³-hybridized carbons (Fsp3) is 0.391. The third kappa shape index (κ3) is 6.03. The van der Waals surface area contributed by atoms with Crippen molar-refractivity contribution in [2.75, 3.05) is 43.9 Å². The van der Waals surface area contributed by atoms with Crippen molar-refractivity contribution in [2.45, 2.75) is 25.2 Å². The van der Waals surface area contributed by atoms with Crippen molar-refractivity contribution in [3.63, 3.8) is 0 Å². The zero-order valence-corrected chi connectivity index (χ0v) is 21.3. The molecule has 0 saturated heterocycles. The molecule has 3 aromatic rings. The number of ether oxygens (including phenoxy) is 1. The predicted octanol–water partition coefficient (Wildman–Crippen LogP) is 4.50. The van der Waals surface area contributed by atoms with Crippen LogP contribution in [0.15, 0.2) is 47.4 Å². The Labute approximate surface area is 203 Å². The van der Waals surface area contributed by atoms with Crippen LogP contribution in [-0.2, 0) is 14.6 Å². The second kappa shape index (κ2) is 11.3. The minimum atomic E-state index is -3.57. The summed E-state index contributed by atoms with van der Waals surface area (Å²) >= 11 is 7.67. The van der Waals surface area contributed by atoms with Gasteiger partial charge in [-0.1, -0.05) is 55.0 Å². The Kier molecular flexibility index (Phi) is 8.69. The minimum absolute atomic E-state index is 0.143. The standard InChI is InChI=1S/C23H28ClN3O4S2/c1-4-26(5-2)14-15-27(20(28)13-16-33(29,30)17-9-7-6-8-10-17)23-25-21-19(31-3)12-11-18(24)22(21)32-23/h6-12H,4-5,13-16H2,1-3H3. The van der Waals surface area contributed by atoms with Gasteiger partial charge in [0, 0.05) is 19.5 Å². The molecule has 0 N–H and O–H groups in total. The average Bonchev–Trinajstić information content (AvgIpc) is 3.27. The van der Waals surface area contributed by atoms with Crippen LogP contribution < -0.4 is 9.64 Å². The fourth-order valence-electron chi connectivity index (χ4n) is 3.43. The number of benzene rings is 2. The number of amides is 1. The Morgan fingerprint density at radius 1 is 1.09 bits per heavy atom. The van der Waals surface area contributed by atoms with Gasteiger partial charge in [0.05, 0.1) is 27.5 Å². The Morgan fingerprint density at radius 2 is 1.79 bits per heavy atom. The molecule has 0 bridgehead atoms. The topological polar surface area (TPSA) is 79.8 Å². The van der Waals surface area contributed by atoms with E-state index < -0.39 is 9.84 Å². The summed E-state index contributed by atoms with van der Waals surface area (Å²) in [6.45, 7) is 6.85. The van der Waals surface area contributed by atoms with E-state index in [0.717, 1.165) is 17.8 Å². The number of hydrogen-bond donors (Lipinski definition) is 0. The summed E-state index contributed by atoms with van der Waals surface area (Å²) in [5.74, 6) is 0.00237. The normalized spacial score (nSPS) is 11.8. The third-order valence-electron chi connectivity index (χ3n) is 5.42. The monoisotopic (exact) mass is 509 g/mol. The lowest BCUT2D eigenvalue weighted by molar-refractivity contribution is -0.118. The molecule has 0 aliphatic heterocycles. The summed E-state index contributed by atoms with van der Waals surface area (Å²) in [5, 5.41) is 1.00. The molecule has 0 spiro atoms. The minimum Gasteiger partial charge on any atom is -0.494 e. The number of carbonyl (C=O) groups excluding carboxylic acids is 1. The molecule has 10 heteroatoms. The lowest BCUT2D eigenvalue weighted by atomic mass is 10.3. The van der Waals surface area contributed by atoms with Crippen LogP contribution in [0.5, 0.6) is 5.75 Å². The highest BCUT2D eigenvalue weighted by molar-refractivity contribution is 7.91. The van der Waals surface area contributed by atoms with Gasteiger partial charge < -0.3 is 9.64 Å². The maximum absolute atomic E-state index is 13.3. The number of anilines is 1. The van der Waals surface area contributed by atoms with Crippen LogP contribution >= 0.6 is 22.9 Å². The molecule has 178 valence electrons. The molecule has 0 unspecified atom stereocenters. The van der Waals surface area contributed by atoms with Crippen molar-refractivity contribution >= 4 is 54.0 Å². The van der Waals surface area contributed by atoms with Crippen LogP contribution in [0.4, 0.5) is 5.13 Å². The molecule has 1 aromatic heterocycles. The highest BCUT2D eigenvalue weighted by atomic mass is 35.5. The van der Waals surface area contributed by atoms with E-state index in [1.807, 2.05) is 0 Å². The number of methoxy groups -OCH3 is 1. The van der Waals surface area contributed by atoms with Crippen molar-refractivity contribution < 1.29 is 17.9 Å². The van der Waals surface area contributed by atoms with Crippen molar-refractivity contribution in [3.05, 3.63) is 47.5 Å². The molecule has 1 amide bonds. The van der Waals surface area contributed by atoms with Crippen molar-refractivity contribution in [1.29, 1.82) is 0 Å². The number of halogens is 1. The van der Waals surface area contributed by atoms with Gasteiger partial charge in [-0.05, 0) is 37.4 Å². The van der Waals surface area contributed by atoms with Crippen molar-refractivity contribution in [3.8, 4) is 5.75 Å². The van der Waals surface area contributed by atoms with Gasteiger partial charge in [-0.2, -0.15) is 0 Å². The number of thiazole rings is 1. The van der Waals surface area contributed by atoms with Crippen molar-refractivity contribution in [1.82, 2.24) is 9.88 Å². The maximum atomic E-state index is 13.3. The highest BCUT2D eigenvalue weighted by Gasteiger charge is 2.24. The van der Waals surface area contributed by atoms with Gasteiger partial charge in [-0.25, -0.2) is 13.4 Å². The van der Waals surface area contributed by atoms with Gasteiger partial charge in [-0.3, -0.25) is 9.69 Å². The first kappa shape index (κ1) is 25.4. The Balaban J connectivity index is 1.89. The van der Waals surface area contributed by atoms with Crippen LogP contribution in [-0.4, -0.2) is 63.3 Å². The van der Waals surface area contributed by atoms with Crippen LogP contribution in [0.1, 0.15) is 20.3 Å². The lowest BCUT2D eigenvalue weighted by Gasteiger charge is -2.24. The van der Waals surface area contributed by atoms with Gasteiger partial charge >= 0.3 is 0 Å². The van der Waals surface area contributed by atoms with E-state index >= 15 is 0 Å². The van der Waals surface area contributed by atoms with E-state index in [1.54, 1.807) is 54.5 Å². The molecule has 0 aliphatic rings. The van der Waals surface area contributed by atoms with E-state index in [2.05, 4.69) is 23.7 Å². The number of carbonyl (C=O) groups is 1. The summed E-state index contributed by atoms with van der Waals surface area (Å²) < 4.78 is 31.5. The highest BCUT2D eigenvalue weighted by Crippen LogP contribution is 2.38. The molecule has 3 rings (SSSR count). The van der Waals surface area contributed by atoms with Gasteiger partial charge in [0.2, 0.25) is 5.91 Å². The molecule has 7 nitrogen and oxygen atoms in total. The van der Waals surface area contributed by atoms with Crippen LogP contribution in [0, 0.1) is 0 Å². The molecule has 2 aromatic carbocycles. The second-order valence-electron chi connectivity index (χ2n) is 7.38. The number of rotatable bonds is 11. The van der Waals surface area contributed by atoms with E-state index in [9.17, 15) is 13.2 Å². The fourth-order valence-corrected chi connectivity index (χ4v) is 5.98. The molecule has 0 atom stereocenters. The Morgan fingerprint density at radius 3 is 2.42 bits per heavy atom. The van der Waals surface area contributed by atoms with Crippen molar-refractivity contribution in [2.24, 2.45) is 0 Å². The molecule has 33 heavy (non-hydrogen) atoms. The zero-order chi connectivity index (χ0) is 24.0. The van der Waals surface area contributed by atoms with E-state index in [-0.39, 0.29) is 23.0 Å². The first-order chi connectivity index (χ1) is 15.8. The number of sulfone groups is 1. The molecule has 0 aliphatic carbocycles. The molecule has 0 fully saturated rings. The van der Waals surface area contributed by atoms with Gasteiger partial charge in [-0.15, -0.1) is 0 Å².